The molecule has 1 aromatic heterocycles. The fourth-order valence-electron chi connectivity index (χ4n) is 3.07. The molecule has 0 bridgehead atoms. The van der Waals surface area contributed by atoms with Crippen LogP contribution in [0.25, 0.3) is 0 Å². The lowest BCUT2D eigenvalue weighted by Crippen LogP contribution is -2.51. The van der Waals surface area contributed by atoms with Crippen LogP contribution in [0.15, 0.2) is 30.5 Å². The zero-order valence-electron chi connectivity index (χ0n) is 18.5. The zero-order valence-corrected chi connectivity index (χ0v) is 20.1. The molecule has 2 aromatic rings. The van der Waals surface area contributed by atoms with E-state index in [0.717, 1.165) is 5.56 Å². The number of rotatable bonds is 8. The molecule has 3 N–H and O–H groups in total. The second kappa shape index (κ2) is 8.84. The highest BCUT2D eigenvalue weighted by atomic mass is 35.5. The molecule has 0 saturated heterocycles. The van der Waals surface area contributed by atoms with E-state index in [9.17, 15) is 18.0 Å². The van der Waals surface area contributed by atoms with Gasteiger partial charge in [0.1, 0.15) is 10.4 Å². The van der Waals surface area contributed by atoms with E-state index in [-0.39, 0.29) is 24.6 Å². The molecule has 0 aliphatic heterocycles. The first-order chi connectivity index (χ1) is 14.9. The molecule has 0 atom stereocenters. The summed E-state index contributed by atoms with van der Waals surface area (Å²) in [5.74, 6) is -0.994. The predicted molar refractivity (Wildman–Crippen MR) is 122 cm³/mol. The minimum Gasteiger partial charge on any atom is -0.349 e. The number of sulfonamides is 1. The van der Waals surface area contributed by atoms with Gasteiger partial charge in [-0.2, -0.15) is 4.31 Å². The number of H-pyrrole nitrogens is 1. The van der Waals surface area contributed by atoms with Crippen molar-refractivity contribution in [3.05, 3.63) is 52.6 Å². The highest BCUT2D eigenvalue weighted by molar-refractivity contribution is 7.90. The Bertz CT molecular complexity index is 1100. The number of benzene rings is 1. The number of carbonyl (C=O) groups excluding carboxylic acids is 2. The fraction of sp³-hybridized carbons (Fsp3) is 0.476. The van der Waals surface area contributed by atoms with Crippen molar-refractivity contribution in [1.29, 1.82) is 0 Å². The standard InChI is InChI=1S/C21H28ClN5O4S/c1-20(2,3)27(4)32(30,31)21(9-10-21)13-25-18(28)16-12-23-17(26-16)19(29)24-11-14-5-7-15(22)8-6-14/h5-8,12H,9-11,13H2,1-4H3,(H,23,26)(H,24,29)(H,25,28). The van der Waals surface area contributed by atoms with Crippen LogP contribution in [0.1, 0.15) is 60.3 Å². The fourth-order valence-corrected chi connectivity index (χ4v) is 5.37. The van der Waals surface area contributed by atoms with Crippen LogP contribution in [0.4, 0.5) is 0 Å². The minimum atomic E-state index is -3.59. The molecule has 2 amide bonds. The summed E-state index contributed by atoms with van der Waals surface area (Å²) in [6.45, 7) is 5.74. The number of nitrogens with zero attached hydrogens (tertiary/aromatic N) is 2. The quantitative estimate of drug-likeness (QED) is 0.533. The third kappa shape index (κ3) is 5.13. The zero-order chi connectivity index (χ0) is 23.7. The van der Waals surface area contributed by atoms with Crippen LogP contribution in [0, 0.1) is 0 Å². The van der Waals surface area contributed by atoms with Crippen LogP contribution < -0.4 is 10.6 Å². The summed E-state index contributed by atoms with van der Waals surface area (Å²) in [6.07, 6.45) is 2.22. The summed E-state index contributed by atoms with van der Waals surface area (Å²) in [7, 11) is -2.03. The van der Waals surface area contributed by atoms with Gasteiger partial charge in [0.2, 0.25) is 10.0 Å². The summed E-state index contributed by atoms with van der Waals surface area (Å²) in [6, 6.07) is 7.04. The van der Waals surface area contributed by atoms with E-state index in [1.807, 2.05) is 20.8 Å². The van der Waals surface area contributed by atoms with Crippen molar-refractivity contribution in [1.82, 2.24) is 24.9 Å². The predicted octanol–water partition coefficient (Wildman–Crippen LogP) is 2.32. The molecule has 174 valence electrons. The van der Waals surface area contributed by atoms with E-state index < -0.39 is 32.1 Å². The molecule has 9 nitrogen and oxygen atoms in total. The topological polar surface area (TPSA) is 124 Å². The molecule has 32 heavy (non-hydrogen) atoms. The van der Waals surface area contributed by atoms with Crippen LogP contribution in [0.3, 0.4) is 0 Å². The number of imidazole rings is 1. The van der Waals surface area contributed by atoms with Crippen LogP contribution in [-0.2, 0) is 16.6 Å². The van der Waals surface area contributed by atoms with E-state index in [2.05, 4.69) is 20.6 Å². The van der Waals surface area contributed by atoms with Crippen LogP contribution in [0.5, 0.6) is 0 Å². The maximum Gasteiger partial charge on any atom is 0.287 e. The molecule has 3 rings (SSSR count). The monoisotopic (exact) mass is 481 g/mol. The first-order valence-corrected chi connectivity index (χ1v) is 12.0. The molecular weight excluding hydrogens is 454 g/mol. The summed E-state index contributed by atoms with van der Waals surface area (Å²) < 4.78 is 26.4. The molecule has 11 heteroatoms. The van der Waals surface area contributed by atoms with Crippen molar-refractivity contribution in [2.24, 2.45) is 0 Å². The number of hydrogen-bond acceptors (Lipinski definition) is 5. The maximum absolute atomic E-state index is 13.0. The average molecular weight is 482 g/mol. The van der Waals surface area contributed by atoms with Crippen molar-refractivity contribution in [3.8, 4) is 0 Å². The Balaban J connectivity index is 1.58. The lowest BCUT2D eigenvalue weighted by molar-refractivity contribution is 0.0941. The van der Waals surface area contributed by atoms with Crippen LogP contribution in [0.2, 0.25) is 5.02 Å². The third-order valence-corrected chi connectivity index (χ3v) is 8.80. The van der Waals surface area contributed by atoms with Gasteiger partial charge >= 0.3 is 0 Å². The molecule has 1 heterocycles. The van der Waals surface area contributed by atoms with Crippen molar-refractivity contribution in [2.45, 2.75) is 50.4 Å². The third-order valence-electron chi connectivity index (χ3n) is 5.63. The largest absolute Gasteiger partial charge is 0.349 e. The molecule has 1 aromatic carbocycles. The number of amides is 2. The van der Waals surface area contributed by atoms with Gasteiger partial charge in [-0.1, -0.05) is 23.7 Å². The van der Waals surface area contributed by atoms with Crippen molar-refractivity contribution >= 4 is 33.4 Å². The van der Waals surface area contributed by atoms with E-state index >= 15 is 0 Å². The highest BCUT2D eigenvalue weighted by Crippen LogP contribution is 2.45. The summed E-state index contributed by atoms with van der Waals surface area (Å²) in [5, 5.41) is 5.98. The Morgan fingerprint density at radius 3 is 2.34 bits per heavy atom. The van der Waals surface area contributed by atoms with Gasteiger partial charge in [0.05, 0.1) is 6.20 Å². The minimum absolute atomic E-state index is 0.00823. The molecule has 1 aliphatic carbocycles. The molecule has 0 radical (unpaired) electrons. The summed E-state index contributed by atoms with van der Waals surface area (Å²) in [4.78, 5) is 31.5. The smallest absolute Gasteiger partial charge is 0.287 e. The van der Waals surface area contributed by atoms with E-state index in [0.29, 0.717) is 17.9 Å². The first kappa shape index (κ1) is 24.2. The number of aromatic nitrogens is 2. The molecule has 0 spiro atoms. The second-order valence-corrected chi connectivity index (χ2v) is 11.8. The Hall–Kier alpha value is -2.43. The van der Waals surface area contributed by atoms with Crippen molar-refractivity contribution in [3.63, 3.8) is 0 Å². The number of hydrogen-bond donors (Lipinski definition) is 3. The lowest BCUT2D eigenvalue weighted by atomic mass is 10.1. The molecule has 1 aliphatic rings. The molecule has 1 fully saturated rings. The van der Waals surface area contributed by atoms with Gasteiger partial charge in [0.15, 0.2) is 5.82 Å². The Labute approximate surface area is 193 Å². The number of aromatic amines is 1. The number of halogens is 1. The van der Waals surface area contributed by atoms with Gasteiger partial charge in [-0.15, -0.1) is 0 Å². The van der Waals surface area contributed by atoms with Crippen LogP contribution >= 0.6 is 11.6 Å². The van der Waals surface area contributed by atoms with Gasteiger partial charge in [-0.05, 0) is 51.3 Å². The highest BCUT2D eigenvalue weighted by Gasteiger charge is 2.57. The summed E-state index contributed by atoms with van der Waals surface area (Å²) >= 11 is 5.84. The second-order valence-electron chi connectivity index (χ2n) is 8.96. The van der Waals surface area contributed by atoms with E-state index in [4.69, 9.17) is 11.6 Å². The van der Waals surface area contributed by atoms with Gasteiger partial charge in [-0.3, -0.25) is 9.59 Å². The van der Waals surface area contributed by atoms with Gasteiger partial charge in [-0.25, -0.2) is 13.4 Å². The van der Waals surface area contributed by atoms with Gasteiger partial charge < -0.3 is 15.6 Å². The summed E-state index contributed by atoms with van der Waals surface area (Å²) in [5.41, 5.74) is 0.387. The number of nitrogens with one attached hydrogen (secondary N) is 3. The first-order valence-electron chi connectivity index (χ1n) is 10.2. The lowest BCUT2D eigenvalue weighted by Gasteiger charge is -2.34. The van der Waals surface area contributed by atoms with Crippen molar-refractivity contribution in [2.75, 3.05) is 13.6 Å². The molecule has 1 saturated carbocycles. The average Bonchev–Trinajstić information content (AvgIpc) is 3.38. The van der Waals surface area contributed by atoms with E-state index in [1.165, 1.54) is 10.5 Å². The van der Waals surface area contributed by atoms with Gasteiger partial charge in [0.25, 0.3) is 11.8 Å². The van der Waals surface area contributed by atoms with Crippen molar-refractivity contribution < 1.29 is 18.0 Å². The number of carbonyl (C=O) groups is 2. The Morgan fingerprint density at radius 1 is 1.16 bits per heavy atom. The Morgan fingerprint density at radius 2 is 1.78 bits per heavy atom. The molecular formula is C21H28ClN5O4S. The van der Waals surface area contributed by atoms with Gasteiger partial charge in [0, 0.05) is 30.7 Å². The maximum atomic E-state index is 13.0. The Kier molecular flexibility index (Phi) is 6.69. The van der Waals surface area contributed by atoms with E-state index in [1.54, 1.807) is 31.3 Å². The SMILES string of the molecule is CN(C(C)(C)C)S(=O)(=O)C1(CNC(=O)c2cnc(C(=O)NCc3ccc(Cl)cc3)[nH]2)CC1. The normalized spacial score (nSPS) is 15.4. The van der Waals surface area contributed by atoms with Crippen LogP contribution in [-0.4, -0.2) is 58.4 Å². The molecule has 0 unspecified atom stereocenters.